The van der Waals surface area contributed by atoms with E-state index >= 15 is 0 Å². The lowest BCUT2D eigenvalue weighted by Gasteiger charge is -2.18. The quantitative estimate of drug-likeness (QED) is 0.400. The highest BCUT2D eigenvalue weighted by Gasteiger charge is 2.08. The number of hydrogen-bond acceptors (Lipinski definition) is 3. The van der Waals surface area contributed by atoms with Gasteiger partial charge in [0.2, 0.25) is 10.0 Å². The van der Waals surface area contributed by atoms with Crippen molar-refractivity contribution in [2.75, 3.05) is 25.9 Å². The number of sulfonamides is 1. The monoisotopic (exact) mass is 362 g/mol. The van der Waals surface area contributed by atoms with Gasteiger partial charge in [-0.25, -0.2) is 13.1 Å². The molecule has 1 atom stereocenters. The Morgan fingerprint density at radius 2 is 1.88 bits per heavy atom. The van der Waals surface area contributed by atoms with Crippen LogP contribution >= 0.6 is 0 Å². The lowest BCUT2D eigenvalue weighted by molar-refractivity contribution is 0.588. The minimum Gasteiger partial charge on any atom is -0.357 e. The smallest absolute Gasteiger partial charge is 0.208 e. The summed E-state index contributed by atoms with van der Waals surface area (Å²) in [4.78, 5) is 4.41. The molecule has 25 heavy (non-hydrogen) atoms. The lowest BCUT2D eigenvalue weighted by atomic mass is 10.0. The second kappa shape index (κ2) is 8.82. The maximum Gasteiger partial charge on any atom is 0.208 e. The van der Waals surface area contributed by atoms with E-state index in [1.807, 2.05) is 19.1 Å². The van der Waals surface area contributed by atoms with E-state index in [1.54, 1.807) is 0 Å². The first-order valence-corrected chi connectivity index (χ1v) is 10.3. The van der Waals surface area contributed by atoms with Crippen molar-refractivity contribution in [3.05, 3.63) is 48.0 Å². The van der Waals surface area contributed by atoms with Crippen molar-refractivity contribution >= 4 is 26.8 Å². The summed E-state index contributed by atoms with van der Waals surface area (Å²) >= 11 is 0. The summed E-state index contributed by atoms with van der Waals surface area (Å²) < 4.78 is 24.6. The van der Waals surface area contributed by atoms with Crippen LogP contribution in [0.15, 0.2) is 47.5 Å². The molecule has 7 heteroatoms. The van der Waals surface area contributed by atoms with Crippen LogP contribution in [0.3, 0.4) is 0 Å². The van der Waals surface area contributed by atoms with Crippen molar-refractivity contribution in [1.82, 2.24) is 15.4 Å². The normalized spacial score (nSPS) is 13.6. The number of aliphatic imine (C=N–C) groups is 1. The summed E-state index contributed by atoms with van der Waals surface area (Å²) in [7, 11) is -3.18. The van der Waals surface area contributed by atoms with Crippen molar-refractivity contribution in [3.63, 3.8) is 0 Å². The average molecular weight is 362 g/mol. The summed E-state index contributed by atoms with van der Waals surface area (Å²) in [6.45, 7) is 5.45. The van der Waals surface area contributed by atoms with E-state index in [0.29, 0.717) is 12.5 Å². The molecule has 0 saturated carbocycles. The fraction of sp³-hybridized carbons (Fsp3) is 0.389. The molecule has 6 nitrogen and oxygen atoms in total. The molecule has 2 aromatic carbocycles. The molecule has 0 aliphatic carbocycles. The average Bonchev–Trinajstić information content (AvgIpc) is 2.57. The number of benzene rings is 2. The van der Waals surface area contributed by atoms with Crippen LogP contribution in [-0.4, -0.2) is 40.3 Å². The minimum atomic E-state index is -3.18. The predicted octanol–water partition coefficient (Wildman–Crippen LogP) is 2.01. The zero-order valence-corrected chi connectivity index (χ0v) is 15.7. The lowest BCUT2D eigenvalue weighted by Crippen LogP contribution is -2.39. The van der Waals surface area contributed by atoms with Gasteiger partial charge < -0.3 is 10.6 Å². The topological polar surface area (TPSA) is 82.6 Å². The fourth-order valence-corrected chi connectivity index (χ4v) is 2.95. The van der Waals surface area contributed by atoms with Crippen LogP contribution in [0, 0.1) is 0 Å². The van der Waals surface area contributed by atoms with Gasteiger partial charge in [0.15, 0.2) is 5.96 Å². The Morgan fingerprint density at radius 3 is 2.56 bits per heavy atom. The molecule has 2 rings (SSSR count). The summed E-state index contributed by atoms with van der Waals surface area (Å²) in [5.74, 6) is 0.665. The van der Waals surface area contributed by atoms with Crippen LogP contribution in [0.1, 0.15) is 25.5 Å². The summed E-state index contributed by atoms with van der Waals surface area (Å²) in [6, 6.07) is 14.7. The Hall–Kier alpha value is -2.12. The highest BCUT2D eigenvalue weighted by Crippen LogP contribution is 2.20. The van der Waals surface area contributed by atoms with E-state index in [1.165, 1.54) is 16.3 Å². The first kappa shape index (κ1) is 19.2. The molecule has 2 aromatic rings. The number of nitrogens with zero attached hydrogens (tertiary/aromatic N) is 1. The van der Waals surface area contributed by atoms with Gasteiger partial charge in [-0.2, -0.15) is 0 Å². The van der Waals surface area contributed by atoms with Crippen LogP contribution in [0.5, 0.6) is 0 Å². The molecule has 0 fully saturated rings. The number of hydrogen-bond donors (Lipinski definition) is 3. The Labute approximate surface area is 149 Å². The van der Waals surface area contributed by atoms with E-state index in [4.69, 9.17) is 0 Å². The Morgan fingerprint density at radius 1 is 1.16 bits per heavy atom. The summed E-state index contributed by atoms with van der Waals surface area (Å²) in [5.41, 5.74) is 1.17. The zero-order valence-electron chi connectivity index (χ0n) is 14.9. The van der Waals surface area contributed by atoms with Crippen LogP contribution in [0.25, 0.3) is 10.8 Å². The number of rotatable bonds is 7. The predicted molar refractivity (Wildman–Crippen MR) is 104 cm³/mol. The fourth-order valence-electron chi connectivity index (χ4n) is 2.48. The standard InChI is InChI=1S/C18H26N4O2S/c1-4-19-18(20-11-12-21-25(3,23)24)22-14(2)16-10-9-15-7-5-6-8-17(15)13-16/h5-10,13-14,21H,4,11-12H2,1-3H3,(H2,19,20,22). The van der Waals surface area contributed by atoms with Crippen molar-refractivity contribution in [2.45, 2.75) is 19.9 Å². The van der Waals surface area contributed by atoms with Crippen LogP contribution in [0.4, 0.5) is 0 Å². The second-order valence-electron chi connectivity index (χ2n) is 5.90. The third kappa shape index (κ3) is 6.36. The number of guanidine groups is 1. The minimum absolute atomic E-state index is 0.0743. The molecule has 136 valence electrons. The van der Waals surface area contributed by atoms with Gasteiger partial charge in [0.1, 0.15) is 0 Å². The molecule has 1 unspecified atom stereocenters. The van der Waals surface area contributed by atoms with E-state index in [-0.39, 0.29) is 12.6 Å². The molecule has 0 radical (unpaired) electrons. The molecule has 0 saturated heterocycles. The Bertz CT molecular complexity index is 834. The van der Waals surface area contributed by atoms with Gasteiger partial charge in [-0.3, -0.25) is 4.99 Å². The maximum atomic E-state index is 11.1. The second-order valence-corrected chi connectivity index (χ2v) is 7.73. The van der Waals surface area contributed by atoms with E-state index in [0.717, 1.165) is 12.8 Å². The highest BCUT2D eigenvalue weighted by atomic mass is 32.2. The van der Waals surface area contributed by atoms with Gasteiger partial charge in [0.25, 0.3) is 0 Å². The zero-order chi connectivity index (χ0) is 18.3. The molecule has 0 bridgehead atoms. The van der Waals surface area contributed by atoms with E-state index < -0.39 is 10.0 Å². The van der Waals surface area contributed by atoms with Crippen molar-refractivity contribution < 1.29 is 8.42 Å². The molecule has 0 amide bonds. The van der Waals surface area contributed by atoms with Crippen molar-refractivity contribution in [2.24, 2.45) is 4.99 Å². The van der Waals surface area contributed by atoms with Crippen molar-refractivity contribution in [3.8, 4) is 0 Å². The van der Waals surface area contributed by atoms with Crippen LogP contribution in [0.2, 0.25) is 0 Å². The van der Waals surface area contributed by atoms with Crippen LogP contribution in [-0.2, 0) is 10.0 Å². The Kier molecular flexibility index (Phi) is 6.78. The molecule has 0 aromatic heterocycles. The third-order valence-corrected chi connectivity index (χ3v) is 4.45. The molecular weight excluding hydrogens is 336 g/mol. The number of nitrogens with one attached hydrogen (secondary N) is 3. The van der Waals surface area contributed by atoms with E-state index in [2.05, 4.69) is 57.6 Å². The van der Waals surface area contributed by atoms with Gasteiger partial charge in [0.05, 0.1) is 18.8 Å². The highest BCUT2D eigenvalue weighted by molar-refractivity contribution is 7.88. The van der Waals surface area contributed by atoms with Gasteiger partial charge in [-0.15, -0.1) is 0 Å². The van der Waals surface area contributed by atoms with Gasteiger partial charge in [0, 0.05) is 13.1 Å². The van der Waals surface area contributed by atoms with E-state index in [9.17, 15) is 8.42 Å². The molecule has 0 aliphatic heterocycles. The molecule has 0 heterocycles. The van der Waals surface area contributed by atoms with Gasteiger partial charge in [-0.1, -0.05) is 36.4 Å². The maximum absolute atomic E-state index is 11.1. The van der Waals surface area contributed by atoms with Crippen molar-refractivity contribution in [1.29, 1.82) is 0 Å². The van der Waals surface area contributed by atoms with Gasteiger partial charge >= 0.3 is 0 Å². The molecule has 3 N–H and O–H groups in total. The first-order chi connectivity index (χ1) is 11.9. The molecule has 0 aliphatic rings. The van der Waals surface area contributed by atoms with Gasteiger partial charge in [-0.05, 0) is 36.2 Å². The van der Waals surface area contributed by atoms with Crippen LogP contribution < -0.4 is 15.4 Å². The molecular formula is C18H26N4O2S. The largest absolute Gasteiger partial charge is 0.357 e. The Balaban J connectivity index is 2.03. The number of fused-ring (bicyclic) bond motifs is 1. The summed E-state index contributed by atoms with van der Waals surface area (Å²) in [5, 5.41) is 8.95. The summed E-state index contributed by atoms with van der Waals surface area (Å²) in [6.07, 6.45) is 1.14. The molecule has 0 spiro atoms. The first-order valence-electron chi connectivity index (χ1n) is 8.37. The SMILES string of the molecule is CCNC(=NCCNS(C)(=O)=O)NC(C)c1ccc2ccccc2c1. The third-order valence-electron chi connectivity index (χ3n) is 3.72.